The second kappa shape index (κ2) is 12.2. The van der Waals surface area contributed by atoms with Crippen LogP contribution in [0.4, 0.5) is 9.18 Å². The molecule has 1 N–H and O–H groups in total. The Balaban J connectivity index is 1.62. The highest BCUT2D eigenvalue weighted by atomic mass is 19.1. The number of carbonyl (C=O) groups is 3. The number of ether oxygens (including phenoxy) is 3. The Morgan fingerprint density at radius 2 is 1.67 bits per heavy atom. The Morgan fingerprint density at radius 3 is 2.26 bits per heavy atom. The van der Waals surface area contributed by atoms with E-state index in [0.717, 1.165) is 0 Å². The minimum atomic E-state index is -0.796. The standard InChI is InChI=1S/C28H33FN4O6/c1-5-39-27(35)24-23(17-32-10-12-33(13-11-32)26(34)21-8-6-7-9-22(21)29)31(2)28(36)30-25(24)18-14-19(37-3)16-20(15-18)38-4/h6-9,14-16,25H,5,10-13,17H2,1-4H3,(H,30,36). The van der Waals surface area contributed by atoms with Gasteiger partial charge in [0.15, 0.2) is 0 Å². The molecule has 11 heteroatoms. The number of methoxy groups -OCH3 is 2. The van der Waals surface area contributed by atoms with E-state index in [-0.39, 0.29) is 30.7 Å². The van der Waals surface area contributed by atoms with E-state index in [1.807, 2.05) is 0 Å². The van der Waals surface area contributed by atoms with Gasteiger partial charge >= 0.3 is 12.0 Å². The quantitative estimate of drug-likeness (QED) is 0.514. The van der Waals surface area contributed by atoms with Crippen molar-refractivity contribution in [3.63, 3.8) is 0 Å². The van der Waals surface area contributed by atoms with Gasteiger partial charge in [-0.1, -0.05) is 12.1 Å². The SMILES string of the molecule is CCOC(=O)C1=C(CN2CCN(C(=O)c3ccccc3F)CC2)N(C)C(=O)NC1c1cc(OC)cc(OC)c1. The second-order valence-corrected chi connectivity index (χ2v) is 9.22. The fraction of sp³-hybridized carbons (Fsp3) is 0.393. The zero-order valence-electron chi connectivity index (χ0n) is 22.5. The van der Waals surface area contributed by atoms with Crippen LogP contribution < -0.4 is 14.8 Å². The first kappa shape index (κ1) is 27.9. The van der Waals surface area contributed by atoms with Crippen molar-refractivity contribution >= 4 is 17.9 Å². The monoisotopic (exact) mass is 540 g/mol. The molecule has 1 unspecified atom stereocenters. The summed E-state index contributed by atoms with van der Waals surface area (Å²) in [5.41, 5.74) is 1.45. The maximum Gasteiger partial charge on any atom is 0.338 e. The number of hydrogen-bond donors (Lipinski definition) is 1. The van der Waals surface area contributed by atoms with Crippen LogP contribution >= 0.6 is 0 Å². The molecular weight excluding hydrogens is 507 g/mol. The molecule has 10 nitrogen and oxygen atoms in total. The number of nitrogens with one attached hydrogen (secondary N) is 1. The van der Waals surface area contributed by atoms with E-state index in [2.05, 4.69) is 10.2 Å². The van der Waals surface area contributed by atoms with Gasteiger partial charge in [-0.25, -0.2) is 14.0 Å². The van der Waals surface area contributed by atoms with E-state index >= 15 is 0 Å². The molecule has 0 saturated carbocycles. The van der Waals surface area contributed by atoms with Crippen molar-refractivity contribution in [2.45, 2.75) is 13.0 Å². The number of piperazine rings is 1. The zero-order valence-corrected chi connectivity index (χ0v) is 22.5. The van der Waals surface area contributed by atoms with E-state index in [1.54, 1.807) is 49.2 Å². The third kappa shape index (κ3) is 5.98. The summed E-state index contributed by atoms with van der Waals surface area (Å²) in [7, 11) is 4.65. The first-order valence-corrected chi connectivity index (χ1v) is 12.7. The largest absolute Gasteiger partial charge is 0.497 e. The molecule has 39 heavy (non-hydrogen) atoms. The second-order valence-electron chi connectivity index (χ2n) is 9.22. The molecule has 0 radical (unpaired) electrons. The summed E-state index contributed by atoms with van der Waals surface area (Å²) in [6.07, 6.45) is 0. The van der Waals surface area contributed by atoms with Gasteiger partial charge in [0.05, 0.1) is 38.0 Å². The first-order chi connectivity index (χ1) is 18.8. The number of hydrogen-bond acceptors (Lipinski definition) is 7. The van der Waals surface area contributed by atoms with Crippen LogP contribution in [0.25, 0.3) is 0 Å². The van der Waals surface area contributed by atoms with Crippen LogP contribution in [-0.4, -0.2) is 93.2 Å². The number of amides is 3. The van der Waals surface area contributed by atoms with Crippen LogP contribution in [0, 0.1) is 5.82 Å². The van der Waals surface area contributed by atoms with Gasteiger partial charge in [0.2, 0.25) is 0 Å². The van der Waals surface area contributed by atoms with Crippen molar-refractivity contribution in [2.75, 3.05) is 60.6 Å². The van der Waals surface area contributed by atoms with Crippen LogP contribution in [0.1, 0.15) is 28.9 Å². The number of nitrogens with zero attached hydrogens (tertiary/aromatic N) is 3. The molecular formula is C28H33FN4O6. The van der Waals surface area contributed by atoms with Gasteiger partial charge in [0, 0.05) is 51.5 Å². The van der Waals surface area contributed by atoms with E-state index in [0.29, 0.717) is 54.5 Å². The fourth-order valence-electron chi connectivity index (χ4n) is 4.77. The fourth-order valence-corrected chi connectivity index (χ4v) is 4.77. The number of halogens is 1. The Labute approximate surface area is 226 Å². The lowest BCUT2D eigenvalue weighted by atomic mass is 9.93. The summed E-state index contributed by atoms with van der Waals surface area (Å²) in [5.74, 6) is -0.431. The number of likely N-dealkylation sites (N-methyl/N-ethyl adjacent to an activating group) is 1. The van der Waals surface area contributed by atoms with Crippen molar-refractivity contribution < 1.29 is 33.0 Å². The van der Waals surface area contributed by atoms with E-state index in [1.165, 1.54) is 31.3 Å². The number of rotatable bonds is 8. The van der Waals surface area contributed by atoms with Crippen LogP contribution in [0.3, 0.4) is 0 Å². The summed E-state index contributed by atoms with van der Waals surface area (Å²) < 4.78 is 30.4. The molecule has 1 saturated heterocycles. The van der Waals surface area contributed by atoms with Crippen molar-refractivity contribution in [3.8, 4) is 11.5 Å². The van der Waals surface area contributed by atoms with E-state index in [9.17, 15) is 18.8 Å². The normalized spacial score (nSPS) is 18.1. The molecule has 2 aliphatic rings. The number of benzene rings is 2. The van der Waals surface area contributed by atoms with Crippen molar-refractivity contribution in [1.82, 2.24) is 20.0 Å². The van der Waals surface area contributed by atoms with Gasteiger partial charge in [-0.2, -0.15) is 0 Å². The van der Waals surface area contributed by atoms with E-state index < -0.39 is 17.8 Å². The molecule has 0 aliphatic carbocycles. The third-order valence-electron chi connectivity index (χ3n) is 6.92. The summed E-state index contributed by atoms with van der Waals surface area (Å²) in [4.78, 5) is 44.3. The molecule has 208 valence electrons. The summed E-state index contributed by atoms with van der Waals surface area (Å²) >= 11 is 0. The number of urea groups is 1. The van der Waals surface area contributed by atoms with E-state index in [4.69, 9.17) is 14.2 Å². The highest BCUT2D eigenvalue weighted by Gasteiger charge is 2.38. The molecule has 0 spiro atoms. The Kier molecular flexibility index (Phi) is 8.70. The summed E-state index contributed by atoms with van der Waals surface area (Å²) in [5, 5.41) is 2.90. The van der Waals surface area contributed by atoms with Gasteiger partial charge < -0.3 is 24.4 Å². The Bertz CT molecular complexity index is 1250. The average Bonchev–Trinajstić information content (AvgIpc) is 2.95. The molecule has 4 rings (SSSR count). The molecule has 1 atom stereocenters. The average molecular weight is 541 g/mol. The van der Waals surface area contributed by atoms with Crippen LogP contribution in [0.5, 0.6) is 11.5 Å². The maximum atomic E-state index is 14.1. The van der Waals surface area contributed by atoms with Crippen LogP contribution in [0.2, 0.25) is 0 Å². The smallest absolute Gasteiger partial charge is 0.338 e. The summed E-state index contributed by atoms with van der Waals surface area (Å²) in [6.45, 7) is 3.87. The predicted molar refractivity (Wildman–Crippen MR) is 141 cm³/mol. The minimum Gasteiger partial charge on any atom is -0.497 e. The van der Waals surface area contributed by atoms with Gasteiger partial charge in [-0.3, -0.25) is 14.6 Å². The van der Waals surface area contributed by atoms with Gasteiger partial charge in [0.1, 0.15) is 17.3 Å². The van der Waals surface area contributed by atoms with Crippen molar-refractivity contribution in [2.24, 2.45) is 0 Å². The predicted octanol–water partition coefficient (Wildman–Crippen LogP) is 2.81. The molecule has 0 bridgehead atoms. The number of carbonyl (C=O) groups excluding carboxylic acids is 3. The molecule has 2 aliphatic heterocycles. The topological polar surface area (TPSA) is 101 Å². The lowest BCUT2D eigenvalue weighted by Gasteiger charge is -2.39. The highest BCUT2D eigenvalue weighted by Crippen LogP contribution is 2.35. The van der Waals surface area contributed by atoms with Gasteiger partial charge in [-0.05, 0) is 36.8 Å². The lowest BCUT2D eigenvalue weighted by molar-refractivity contribution is -0.139. The molecule has 2 aromatic carbocycles. The van der Waals surface area contributed by atoms with Crippen molar-refractivity contribution in [1.29, 1.82) is 0 Å². The number of esters is 1. The van der Waals surface area contributed by atoms with Crippen molar-refractivity contribution in [3.05, 3.63) is 70.7 Å². The molecule has 2 aromatic rings. The Hall–Kier alpha value is -4.12. The van der Waals surface area contributed by atoms with Gasteiger partial charge in [-0.15, -0.1) is 0 Å². The zero-order chi connectivity index (χ0) is 28.1. The molecule has 3 amide bonds. The van der Waals surface area contributed by atoms with Crippen LogP contribution in [-0.2, 0) is 9.53 Å². The Morgan fingerprint density at radius 1 is 1.03 bits per heavy atom. The molecule has 0 aromatic heterocycles. The third-order valence-corrected chi connectivity index (χ3v) is 6.92. The summed E-state index contributed by atoms with van der Waals surface area (Å²) in [6, 6.07) is 9.94. The lowest BCUT2D eigenvalue weighted by Crippen LogP contribution is -2.53. The van der Waals surface area contributed by atoms with Gasteiger partial charge in [0.25, 0.3) is 5.91 Å². The molecule has 2 heterocycles. The maximum absolute atomic E-state index is 14.1. The highest BCUT2D eigenvalue weighted by molar-refractivity contribution is 5.95. The first-order valence-electron chi connectivity index (χ1n) is 12.7. The van der Waals surface area contributed by atoms with Crippen LogP contribution in [0.15, 0.2) is 53.7 Å². The molecule has 1 fully saturated rings. The minimum absolute atomic E-state index is 0.0403.